The maximum atomic E-state index is 11.1. The molecule has 0 atom stereocenters. The van der Waals surface area contributed by atoms with Crippen molar-refractivity contribution in [3.05, 3.63) is 53.6 Å². The van der Waals surface area contributed by atoms with Gasteiger partial charge in [0.15, 0.2) is 6.29 Å². The van der Waals surface area contributed by atoms with Gasteiger partial charge in [0.1, 0.15) is 5.75 Å². The van der Waals surface area contributed by atoms with E-state index in [1.165, 1.54) is 0 Å². The number of aldehydes is 1. The van der Waals surface area contributed by atoms with E-state index in [0.717, 1.165) is 47.1 Å². The van der Waals surface area contributed by atoms with Crippen molar-refractivity contribution in [2.75, 3.05) is 0 Å². The summed E-state index contributed by atoms with van der Waals surface area (Å²) in [5.41, 5.74) is 3.90. The first-order chi connectivity index (χ1) is 9.26. The third-order valence-corrected chi connectivity index (χ3v) is 3.33. The Morgan fingerprint density at radius 3 is 2.47 bits per heavy atom. The molecular formula is C17H16O2. The molecule has 96 valence electrons. The lowest BCUT2D eigenvalue weighted by molar-refractivity contribution is 0.112. The lowest BCUT2D eigenvalue weighted by Gasteiger charge is -2.08. The SMILES string of the molecule is Cc1ccc(C=O)c(-c2ccc(OC3CC3)cc2)c1. The molecule has 2 aromatic carbocycles. The van der Waals surface area contributed by atoms with Crippen molar-refractivity contribution in [1.29, 1.82) is 0 Å². The molecule has 0 N–H and O–H groups in total. The normalized spacial score (nSPS) is 14.2. The summed E-state index contributed by atoms with van der Waals surface area (Å²) in [6.07, 6.45) is 3.64. The Balaban J connectivity index is 1.92. The van der Waals surface area contributed by atoms with E-state index in [-0.39, 0.29) is 0 Å². The minimum absolute atomic E-state index is 0.412. The smallest absolute Gasteiger partial charge is 0.150 e. The van der Waals surface area contributed by atoms with Crippen LogP contribution in [0.3, 0.4) is 0 Å². The lowest BCUT2D eigenvalue weighted by atomic mass is 9.98. The van der Waals surface area contributed by atoms with Crippen LogP contribution in [0.1, 0.15) is 28.8 Å². The van der Waals surface area contributed by atoms with Crippen molar-refractivity contribution < 1.29 is 9.53 Å². The summed E-state index contributed by atoms with van der Waals surface area (Å²) >= 11 is 0. The minimum Gasteiger partial charge on any atom is -0.490 e. The van der Waals surface area contributed by atoms with Crippen molar-refractivity contribution in [2.24, 2.45) is 0 Å². The predicted molar refractivity (Wildman–Crippen MR) is 75.7 cm³/mol. The highest BCUT2D eigenvalue weighted by molar-refractivity contribution is 5.87. The Hall–Kier alpha value is -2.09. The molecule has 0 heterocycles. The zero-order valence-corrected chi connectivity index (χ0v) is 10.9. The van der Waals surface area contributed by atoms with Crippen molar-refractivity contribution in [1.82, 2.24) is 0 Å². The second-order valence-electron chi connectivity index (χ2n) is 5.05. The van der Waals surface area contributed by atoms with Crippen LogP contribution < -0.4 is 4.74 Å². The van der Waals surface area contributed by atoms with Crippen molar-refractivity contribution in [3.8, 4) is 16.9 Å². The molecule has 0 radical (unpaired) electrons. The Bertz CT molecular complexity index is 595. The average Bonchev–Trinajstić information content (AvgIpc) is 3.23. The van der Waals surface area contributed by atoms with E-state index in [1.54, 1.807) is 0 Å². The first kappa shape index (κ1) is 12.0. The number of ether oxygens (including phenoxy) is 1. The molecule has 0 saturated heterocycles. The van der Waals surface area contributed by atoms with Gasteiger partial charge in [-0.05, 0) is 43.0 Å². The number of carbonyl (C=O) groups is 1. The van der Waals surface area contributed by atoms with Crippen LogP contribution in [0.25, 0.3) is 11.1 Å². The monoisotopic (exact) mass is 252 g/mol. The molecule has 1 aliphatic carbocycles. The van der Waals surface area contributed by atoms with Crippen molar-refractivity contribution in [2.45, 2.75) is 25.9 Å². The second kappa shape index (κ2) is 4.88. The van der Waals surface area contributed by atoms with Crippen LogP contribution in [0.4, 0.5) is 0 Å². The molecule has 1 saturated carbocycles. The summed E-state index contributed by atoms with van der Waals surface area (Å²) in [7, 11) is 0. The van der Waals surface area contributed by atoms with Crippen LogP contribution >= 0.6 is 0 Å². The van der Waals surface area contributed by atoms with Gasteiger partial charge >= 0.3 is 0 Å². The maximum Gasteiger partial charge on any atom is 0.150 e. The van der Waals surface area contributed by atoms with E-state index in [4.69, 9.17) is 4.74 Å². The van der Waals surface area contributed by atoms with Gasteiger partial charge in [-0.15, -0.1) is 0 Å². The lowest BCUT2D eigenvalue weighted by Crippen LogP contribution is -1.95. The van der Waals surface area contributed by atoms with Gasteiger partial charge in [0.2, 0.25) is 0 Å². The van der Waals surface area contributed by atoms with Gasteiger partial charge in [0.05, 0.1) is 6.10 Å². The number of hydrogen-bond acceptors (Lipinski definition) is 2. The van der Waals surface area contributed by atoms with Crippen LogP contribution in [-0.2, 0) is 0 Å². The molecule has 2 aromatic rings. The summed E-state index contributed by atoms with van der Waals surface area (Å²) in [5.74, 6) is 0.909. The van der Waals surface area contributed by atoms with Gasteiger partial charge in [0, 0.05) is 5.56 Å². The van der Waals surface area contributed by atoms with Crippen molar-refractivity contribution >= 4 is 6.29 Å². The molecule has 0 amide bonds. The molecule has 2 nitrogen and oxygen atoms in total. The molecule has 2 heteroatoms. The average molecular weight is 252 g/mol. The van der Waals surface area contributed by atoms with Crippen LogP contribution in [0.2, 0.25) is 0 Å². The molecular weight excluding hydrogens is 236 g/mol. The largest absolute Gasteiger partial charge is 0.490 e. The molecule has 1 aliphatic rings. The van der Waals surface area contributed by atoms with E-state index in [0.29, 0.717) is 6.10 Å². The Morgan fingerprint density at radius 1 is 1.11 bits per heavy atom. The molecule has 0 bridgehead atoms. The number of carbonyl (C=O) groups excluding carboxylic acids is 1. The Labute approximate surface area is 113 Å². The van der Waals surface area contributed by atoms with E-state index in [9.17, 15) is 4.79 Å². The van der Waals surface area contributed by atoms with Crippen LogP contribution in [0.15, 0.2) is 42.5 Å². The first-order valence-corrected chi connectivity index (χ1v) is 6.59. The van der Waals surface area contributed by atoms with Crippen LogP contribution in [-0.4, -0.2) is 12.4 Å². The summed E-state index contributed by atoms with van der Waals surface area (Å²) in [6, 6.07) is 13.8. The number of benzene rings is 2. The number of hydrogen-bond donors (Lipinski definition) is 0. The fraction of sp³-hybridized carbons (Fsp3) is 0.235. The first-order valence-electron chi connectivity index (χ1n) is 6.59. The third kappa shape index (κ3) is 2.68. The molecule has 0 unspecified atom stereocenters. The van der Waals surface area contributed by atoms with E-state index < -0.39 is 0 Å². The highest BCUT2D eigenvalue weighted by atomic mass is 16.5. The molecule has 19 heavy (non-hydrogen) atoms. The van der Waals surface area contributed by atoms with E-state index in [2.05, 4.69) is 0 Å². The predicted octanol–water partition coefficient (Wildman–Crippen LogP) is 4.02. The quantitative estimate of drug-likeness (QED) is 0.768. The third-order valence-electron chi connectivity index (χ3n) is 3.33. The molecule has 0 spiro atoms. The van der Waals surface area contributed by atoms with Gasteiger partial charge < -0.3 is 4.74 Å². The van der Waals surface area contributed by atoms with Crippen LogP contribution in [0, 0.1) is 6.92 Å². The van der Waals surface area contributed by atoms with Crippen LogP contribution in [0.5, 0.6) is 5.75 Å². The second-order valence-corrected chi connectivity index (χ2v) is 5.05. The Morgan fingerprint density at radius 2 is 1.84 bits per heavy atom. The summed E-state index contributed by atoms with van der Waals surface area (Å²) in [4.78, 5) is 11.1. The van der Waals surface area contributed by atoms with Gasteiger partial charge in [0.25, 0.3) is 0 Å². The molecule has 1 fully saturated rings. The van der Waals surface area contributed by atoms with Gasteiger partial charge in [-0.1, -0.05) is 35.9 Å². The van der Waals surface area contributed by atoms with E-state index in [1.807, 2.05) is 49.4 Å². The molecule has 0 aliphatic heterocycles. The topological polar surface area (TPSA) is 26.3 Å². The fourth-order valence-electron chi connectivity index (χ4n) is 2.11. The maximum absolute atomic E-state index is 11.1. The highest BCUT2D eigenvalue weighted by Crippen LogP contribution is 2.29. The van der Waals surface area contributed by atoms with Crippen molar-refractivity contribution in [3.63, 3.8) is 0 Å². The summed E-state index contributed by atoms with van der Waals surface area (Å²) in [5, 5.41) is 0. The minimum atomic E-state index is 0.412. The zero-order chi connectivity index (χ0) is 13.2. The molecule has 0 aromatic heterocycles. The standard InChI is InChI=1S/C17H16O2/c1-12-2-3-14(11-18)17(10-12)13-4-6-15(7-5-13)19-16-8-9-16/h2-7,10-11,16H,8-9H2,1H3. The summed E-state index contributed by atoms with van der Waals surface area (Å²) < 4.78 is 5.73. The van der Waals surface area contributed by atoms with Gasteiger partial charge in [-0.25, -0.2) is 0 Å². The van der Waals surface area contributed by atoms with E-state index >= 15 is 0 Å². The Kier molecular flexibility index (Phi) is 3.08. The highest BCUT2D eigenvalue weighted by Gasteiger charge is 2.23. The molecule has 3 rings (SSSR count). The number of rotatable bonds is 4. The van der Waals surface area contributed by atoms with Gasteiger partial charge in [-0.2, -0.15) is 0 Å². The summed E-state index contributed by atoms with van der Waals surface area (Å²) in [6.45, 7) is 2.03. The van der Waals surface area contributed by atoms with Gasteiger partial charge in [-0.3, -0.25) is 4.79 Å². The fourth-order valence-corrected chi connectivity index (χ4v) is 2.11. The number of aryl methyl sites for hydroxylation is 1. The zero-order valence-electron chi connectivity index (χ0n) is 10.9.